The molecule has 2 aromatic carbocycles. The van der Waals surface area contributed by atoms with Gasteiger partial charge in [-0.25, -0.2) is 0 Å². The van der Waals surface area contributed by atoms with Crippen LogP contribution >= 0.6 is 0 Å². The van der Waals surface area contributed by atoms with Crippen molar-refractivity contribution in [2.75, 3.05) is 7.05 Å². The highest BCUT2D eigenvalue weighted by Gasteiger charge is 2.07. The van der Waals surface area contributed by atoms with Gasteiger partial charge in [-0.05, 0) is 35.0 Å². The summed E-state index contributed by atoms with van der Waals surface area (Å²) in [7, 11) is 1.89. The molecule has 0 aliphatic heterocycles. The van der Waals surface area contributed by atoms with Gasteiger partial charge >= 0.3 is 0 Å². The van der Waals surface area contributed by atoms with Crippen LogP contribution in [0.3, 0.4) is 0 Å². The van der Waals surface area contributed by atoms with E-state index < -0.39 is 0 Å². The number of hydrogen-bond acceptors (Lipinski definition) is 3. The number of aromatic nitrogens is 1. The molecule has 0 spiro atoms. The van der Waals surface area contributed by atoms with Gasteiger partial charge in [-0.2, -0.15) is 0 Å². The van der Waals surface area contributed by atoms with Crippen molar-refractivity contribution in [2.45, 2.75) is 19.5 Å². The summed E-state index contributed by atoms with van der Waals surface area (Å²) in [6.45, 7) is 1.24. The zero-order valence-corrected chi connectivity index (χ0v) is 13.8. The summed E-state index contributed by atoms with van der Waals surface area (Å²) in [5.41, 5.74) is 3.04. The molecule has 0 fully saturated rings. The van der Waals surface area contributed by atoms with E-state index >= 15 is 0 Å². The maximum absolute atomic E-state index is 12.3. The van der Waals surface area contributed by atoms with Crippen molar-refractivity contribution in [2.24, 2.45) is 0 Å². The van der Waals surface area contributed by atoms with Crippen LogP contribution in [0.5, 0.6) is 0 Å². The van der Waals surface area contributed by atoms with E-state index in [2.05, 4.69) is 33.8 Å². The summed E-state index contributed by atoms with van der Waals surface area (Å²) in [5.74, 6) is 0.0191. The molecule has 2 N–H and O–H groups in total. The quantitative estimate of drug-likeness (QED) is 0.734. The highest BCUT2D eigenvalue weighted by Crippen LogP contribution is 2.18. The summed E-state index contributed by atoms with van der Waals surface area (Å²) >= 11 is 0. The predicted octanol–water partition coefficient (Wildman–Crippen LogP) is 2.81. The largest absolute Gasteiger partial charge is 0.352 e. The molecule has 4 nitrogen and oxygen atoms in total. The summed E-state index contributed by atoms with van der Waals surface area (Å²) < 4.78 is 0. The molecule has 0 atom stereocenters. The first-order chi connectivity index (χ1) is 11.8. The molecule has 3 rings (SSSR count). The third-order valence-electron chi connectivity index (χ3n) is 3.96. The molecular formula is C20H21N3O. The number of nitrogens with zero attached hydrogens (tertiary/aromatic N) is 1. The van der Waals surface area contributed by atoms with Crippen molar-refractivity contribution in [3.05, 3.63) is 77.6 Å². The van der Waals surface area contributed by atoms with E-state index in [1.165, 1.54) is 0 Å². The van der Waals surface area contributed by atoms with Crippen LogP contribution in [0, 0.1) is 0 Å². The monoisotopic (exact) mass is 319 g/mol. The van der Waals surface area contributed by atoms with Crippen molar-refractivity contribution >= 4 is 16.7 Å². The number of rotatable bonds is 6. The smallest absolute Gasteiger partial charge is 0.224 e. The lowest BCUT2D eigenvalue weighted by molar-refractivity contribution is -0.120. The van der Waals surface area contributed by atoms with E-state index in [4.69, 9.17) is 0 Å². The van der Waals surface area contributed by atoms with E-state index in [1.807, 2.05) is 49.6 Å². The van der Waals surface area contributed by atoms with Crippen LogP contribution in [0.1, 0.15) is 16.8 Å². The van der Waals surface area contributed by atoms with Gasteiger partial charge in [0.25, 0.3) is 0 Å². The van der Waals surface area contributed by atoms with Gasteiger partial charge < -0.3 is 10.6 Å². The Hall–Kier alpha value is -2.72. The van der Waals surface area contributed by atoms with Gasteiger partial charge in [0.05, 0.1) is 12.1 Å². The van der Waals surface area contributed by atoms with Crippen molar-refractivity contribution in [1.29, 1.82) is 0 Å². The van der Waals surface area contributed by atoms with Gasteiger partial charge in [-0.3, -0.25) is 9.78 Å². The molecule has 3 aromatic rings. The van der Waals surface area contributed by atoms with E-state index in [9.17, 15) is 4.79 Å². The standard InChI is InChI=1S/C20H21N3O/c1-21-14-18-10-9-15(12-22-18)13-23-20(24)11-17-7-4-6-16-5-2-3-8-19(16)17/h2-10,12,21H,11,13-14H2,1H3,(H,23,24). The van der Waals surface area contributed by atoms with Crippen molar-refractivity contribution in [1.82, 2.24) is 15.6 Å². The minimum atomic E-state index is 0.0191. The molecule has 1 amide bonds. The molecule has 24 heavy (non-hydrogen) atoms. The SMILES string of the molecule is CNCc1ccc(CNC(=O)Cc2cccc3ccccc23)cn1. The average molecular weight is 319 g/mol. The molecule has 0 radical (unpaired) electrons. The molecule has 0 bridgehead atoms. The fourth-order valence-corrected chi connectivity index (χ4v) is 2.73. The Morgan fingerprint density at radius 3 is 2.62 bits per heavy atom. The second-order valence-corrected chi connectivity index (χ2v) is 5.78. The number of pyridine rings is 1. The third kappa shape index (κ3) is 3.97. The topological polar surface area (TPSA) is 54.0 Å². The lowest BCUT2D eigenvalue weighted by Crippen LogP contribution is -2.24. The number of fused-ring (bicyclic) bond motifs is 1. The summed E-state index contributed by atoms with van der Waals surface area (Å²) in [6, 6.07) is 18.2. The summed E-state index contributed by atoms with van der Waals surface area (Å²) in [4.78, 5) is 16.6. The van der Waals surface area contributed by atoms with Gasteiger partial charge in [0, 0.05) is 19.3 Å². The van der Waals surface area contributed by atoms with Gasteiger partial charge in [-0.15, -0.1) is 0 Å². The maximum Gasteiger partial charge on any atom is 0.224 e. The third-order valence-corrected chi connectivity index (χ3v) is 3.96. The first-order valence-electron chi connectivity index (χ1n) is 8.08. The molecule has 0 saturated carbocycles. The number of benzene rings is 2. The Morgan fingerprint density at radius 2 is 1.83 bits per heavy atom. The molecule has 122 valence electrons. The van der Waals surface area contributed by atoms with E-state index in [-0.39, 0.29) is 5.91 Å². The van der Waals surface area contributed by atoms with Crippen LogP contribution < -0.4 is 10.6 Å². The van der Waals surface area contributed by atoms with Crippen molar-refractivity contribution < 1.29 is 4.79 Å². The Balaban J connectivity index is 1.61. The van der Waals surface area contributed by atoms with Crippen LogP contribution in [0.2, 0.25) is 0 Å². The minimum absolute atomic E-state index is 0.0191. The molecule has 0 unspecified atom stereocenters. The molecule has 1 aromatic heterocycles. The molecule has 0 saturated heterocycles. The molecular weight excluding hydrogens is 298 g/mol. The Morgan fingerprint density at radius 1 is 1.00 bits per heavy atom. The Bertz CT molecular complexity index is 822. The first kappa shape index (κ1) is 16.1. The molecule has 0 aliphatic carbocycles. The van der Waals surface area contributed by atoms with Crippen molar-refractivity contribution in [3.8, 4) is 0 Å². The van der Waals surface area contributed by atoms with Crippen LogP contribution in [0.25, 0.3) is 10.8 Å². The normalized spacial score (nSPS) is 10.7. The minimum Gasteiger partial charge on any atom is -0.352 e. The van der Waals surface area contributed by atoms with Gasteiger partial charge in [-0.1, -0.05) is 48.5 Å². The van der Waals surface area contributed by atoms with E-state index in [0.717, 1.165) is 34.1 Å². The van der Waals surface area contributed by atoms with Crippen LogP contribution in [-0.4, -0.2) is 17.9 Å². The lowest BCUT2D eigenvalue weighted by Gasteiger charge is -2.08. The number of hydrogen-bond donors (Lipinski definition) is 2. The Labute approximate surface area is 141 Å². The van der Waals surface area contributed by atoms with Crippen LogP contribution in [-0.2, 0) is 24.3 Å². The number of carbonyl (C=O) groups is 1. The second-order valence-electron chi connectivity index (χ2n) is 5.78. The fraction of sp³-hybridized carbons (Fsp3) is 0.200. The summed E-state index contributed by atoms with van der Waals surface area (Å²) in [6.07, 6.45) is 2.19. The van der Waals surface area contributed by atoms with Crippen LogP contribution in [0.15, 0.2) is 60.8 Å². The lowest BCUT2D eigenvalue weighted by atomic mass is 10.0. The van der Waals surface area contributed by atoms with E-state index in [1.54, 1.807) is 0 Å². The Kier molecular flexibility index (Phi) is 5.18. The zero-order valence-electron chi connectivity index (χ0n) is 13.8. The van der Waals surface area contributed by atoms with Gasteiger partial charge in [0.15, 0.2) is 0 Å². The molecule has 1 heterocycles. The molecule has 4 heteroatoms. The highest BCUT2D eigenvalue weighted by atomic mass is 16.1. The number of amides is 1. The highest BCUT2D eigenvalue weighted by molar-refractivity contribution is 5.90. The molecule has 0 aliphatic rings. The number of nitrogens with one attached hydrogen (secondary N) is 2. The average Bonchev–Trinajstić information content (AvgIpc) is 2.62. The van der Waals surface area contributed by atoms with Gasteiger partial charge in [0.1, 0.15) is 0 Å². The number of carbonyl (C=O) groups excluding carboxylic acids is 1. The zero-order chi connectivity index (χ0) is 16.8. The predicted molar refractivity (Wildman–Crippen MR) is 96.5 cm³/mol. The summed E-state index contributed by atoms with van der Waals surface area (Å²) in [5, 5.41) is 8.32. The van der Waals surface area contributed by atoms with Gasteiger partial charge in [0.2, 0.25) is 5.91 Å². The second kappa shape index (κ2) is 7.70. The van der Waals surface area contributed by atoms with E-state index in [0.29, 0.717) is 13.0 Å². The van der Waals surface area contributed by atoms with Crippen LogP contribution in [0.4, 0.5) is 0 Å². The first-order valence-corrected chi connectivity index (χ1v) is 8.08. The maximum atomic E-state index is 12.3. The van der Waals surface area contributed by atoms with Crippen molar-refractivity contribution in [3.63, 3.8) is 0 Å². The fourth-order valence-electron chi connectivity index (χ4n) is 2.73.